The van der Waals surface area contributed by atoms with Crippen LogP contribution in [0.2, 0.25) is 0 Å². The maximum absolute atomic E-state index is 12.4. The van der Waals surface area contributed by atoms with E-state index < -0.39 is 0 Å². The van der Waals surface area contributed by atoms with Crippen LogP contribution in [0.1, 0.15) is 29.5 Å². The van der Waals surface area contributed by atoms with E-state index in [1.54, 1.807) is 7.11 Å². The molecule has 4 heteroatoms. The Hall–Kier alpha value is -2.33. The van der Waals surface area contributed by atoms with Crippen molar-refractivity contribution in [2.45, 2.75) is 25.9 Å². The van der Waals surface area contributed by atoms with Crippen LogP contribution in [0.15, 0.2) is 48.5 Å². The van der Waals surface area contributed by atoms with Crippen LogP contribution < -0.4 is 4.74 Å². The quantitative estimate of drug-likeness (QED) is 0.790. The first kappa shape index (κ1) is 16.5. The SMILES string of the molecule is CCOC(=O)C1CN(Cc2ccccc2)Cc2cc(OC)ccc21. The van der Waals surface area contributed by atoms with Crippen LogP contribution in [-0.4, -0.2) is 31.1 Å². The van der Waals surface area contributed by atoms with E-state index in [0.717, 1.165) is 30.0 Å². The molecule has 126 valence electrons. The maximum Gasteiger partial charge on any atom is 0.314 e. The van der Waals surface area contributed by atoms with Gasteiger partial charge in [0.2, 0.25) is 0 Å². The molecule has 1 aliphatic heterocycles. The van der Waals surface area contributed by atoms with E-state index >= 15 is 0 Å². The molecule has 0 aliphatic carbocycles. The lowest BCUT2D eigenvalue weighted by molar-refractivity contribution is -0.145. The molecule has 2 aromatic rings. The second-order valence-electron chi connectivity index (χ2n) is 6.02. The summed E-state index contributed by atoms with van der Waals surface area (Å²) in [5.74, 6) is 0.419. The summed E-state index contributed by atoms with van der Waals surface area (Å²) in [6.07, 6.45) is 0. The zero-order valence-corrected chi connectivity index (χ0v) is 14.2. The van der Waals surface area contributed by atoms with Crippen molar-refractivity contribution < 1.29 is 14.3 Å². The Bertz CT molecular complexity index is 699. The monoisotopic (exact) mass is 325 g/mol. The van der Waals surface area contributed by atoms with Crippen molar-refractivity contribution in [3.63, 3.8) is 0 Å². The fraction of sp³-hybridized carbons (Fsp3) is 0.350. The first-order chi connectivity index (χ1) is 11.7. The molecule has 0 aromatic heterocycles. The summed E-state index contributed by atoms with van der Waals surface area (Å²) in [5.41, 5.74) is 3.43. The second kappa shape index (κ2) is 7.49. The predicted octanol–water partition coefficient (Wildman–Crippen LogP) is 3.36. The van der Waals surface area contributed by atoms with Gasteiger partial charge in [-0.1, -0.05) is 36.4 Å². The number of carbonyl (C=O) groups excluding carboxylic acids is 1. The van der Waals surface area contributed by atoms with Gasteiger partial charge in [-0.25, -0.2) is 0 Å². The third-order valence-electron chi connectivity index (χ3n) is 4.38. The van der Waals surface area contributed by atoms with Gasteiger partial charge in [-0.3, -0.25) is 9.69 Å². The molecule has 0 saturated heterocycles. The molecule has 0 amide bonds. The number of hydrogen-bond acceptors (Lipinski definition) is 4. The number of methoxy groups -OCH3 is 1. The molecule has 3 rings (SSSR count). The number of fused-ring (bicyclic) bond motifs is 1. The summed E-state index contributed by atoms with van der Waals surface area (Å²) >= 11 is 0. The molecule has 0 radical (unpaired) electrons. The molecule has 1 heterocycles. The van der Waals surface area contributed by atoms with Crippen LogP contribution >= 0.6 is 0 Å². The van der Waals surface area contributed by atoms with Gasteiger partial charge in [-0.15, -0.1) is 0 Å². The molecule has 1 atom stereocenters. The van der Waals surface area contributed by atoms with Crippen LogP contribution in [0.5, 0.6) is 5.75 Å². The molecule has 0 bridgehead atoms. The smallest absolute Gasteiger partial charge is 0.314 e. The Kier molecular flexibility index (Phi) is 5.16. The van der Waals surface area contributed by atoms with E-state index in [0.29, 0.717) is 13.2 Å². The molecular formula is C20H23NO3. The van der Waals surface area contributed by atoms with E-state index in [-0.39, 0.29) is 11.9 Å². The minimum Gasteiger partial charge on any atom is -0.497 e. The highest BCUT2D eigenvalue weighted by Gasteiger charge is 2.31. The van der Waals surface area contributed by atoms with Gasteiger partial charge in [0, 0.05) is 19.6 Å². The van der Waals surface area contributed by atoms with Gasteiger partial charge in [-0.2, -0.15) is 0 Å². The van der Waals surface area contributed by atoms with E-state index in [1.807, 2.05) is 43.3 Å². The van der Waals surface area contributed by atoms with Gasteiger partial charge in [0.15, 0.2) is 0 Å². The van der Waals surface area contributed by atoms with Gasteiger partial charge < -0.3 is 9.47 Å². The van der Waals surface area contributed by atoms with Crippen molar-refractivity contribution in [1.82, 2.24) is 4.90 Å². The number of esters is 1. The Labute approximate surface area is 143 Å². The number of nitrogens with zero attached hydrogens (tertiary/aromatic N) is 1. The molecule has 24 heavy (non-hydrogen) atoms. The maximum atomic E-state index is 12.4. The predicted molar refractivity (Wildman–Crippen MR) is 92.9 cm³/mol. The molecule has 1 unspecified atom stereocenters. The highest BCUT2D eigenvalue weighted by atomic mass is 16.5. The van der Waals surface area contributed by atoms with Crippen LogP contribution in [-0.2, 0) is 22.6 Å². The van der Waals surface area contributed by atoms with Crippen LogP contribution in [0, 0.1) is 0 Å². The number of benzene rings is 2. The number of ether oxygens (including phenoxy) is 2. The molecule has 0 saturated carbocycles. The molecule has 0 spiro atoms. The van der Waals surface area contributed by atoms with E-state index in [2.05, 4.69) is 17.0 Å². The topological polar surface area (TPSA) is 38.8 Å². The van der Waals surface area contributed by atoms with Crippen LogP contribution in [0.3, 0.4) is 0 Å². The summed E-state index contributed by atoms with van der Waals surface area (Å²) < 4.78 is 10.6. The van der Waals surface area contributed by atoms with Gasteiger partial charge in [-0.05, 0) is 35.7 Å². The Morgan fingerprint density at radius 2 is 2.00 bits per heavy atom. The molecule has 1 aliphatic rings. The average Bonchev–Trinajstić information content (AvgIpc) is 2.61. The van der Waals surface area contributed by atoms with Crippen molar-refractivity contribution in [3.05, 3.63) is 65.2 Å². The van der Waals surface area contributed by atoms with E-state index in [4.69, 9.17) is 9.47 Å². The Balaban J connectivity index is 1.88. The van der Waals surface area contributed by atoms with Crippen molar-refractivity contribution >= 4 is 5.97 Å². The lowest BCUT2D eigenvalue weighted by Crippen LogP contribution is -2.37. The number of hydrogen-bond donors (Lipinski definition) is 0. The third kappa shape index (κ3) is 3.60. The van der Waals surface area contributed by atoms with Crippen molar-refractivity contribution in [3.8, 4) is 5.75 Å². The molecule has 2 aromatic carbocycles. The first-order valence-corrected chi connectivity index (χ1v) is 8.31. The van der Waals surface area contributed by atoms with E-state index in [1.165, 1.54) is 5.56 Å². The normalized spacial score (nSPS) is 17.2. The minimum absolute atomic E-state index is 0.151. The number of carbonyl (C=O) groups is 1. The summed E-state index contributed by atoms with van der Waals surface area (Å²) in [5, 5.41) is 0. The molecule has 4 nitrogen and oxygen atoms in total. The average molecular weight is 325 g/mol. The van der Waals surface area contributed by atoms with Gasteiger partial charge in [0.25, 0.3) is 0 Å². The molecular weight excluding hydrogens is 302 g/mol. The standard InChI is InChI=1S/C20H23NO3/c1-3-24-20(22)19-14-21(12-15-7-5-4-6-8-15)13-16-11-17(23-2)9-10-18(16)19/h4-11,19H,3,12-14H2,1-2H3. The van der Waals surface area contributed by atoms with Crippen LogP contribution in [0.4, 0.5) is 0 Å². The largest absolute Gasteiger partial charge is 0.497 e. The third-order valence-corrected chi connectivity index (χ3v) is 4.38. The van der Waals surface area contributed by atoms with Crippen molar-refractivity contribution in [2.24, 2.45) is 0 Å². The first-order valence-electron chi connectivity index (χ1n) is 8.31. The zero-order chi connectivity index (χ0) is 16.9. The fourth-order valence-corrected chi connectivity index (χ4v) is 3.25. The summed E-state index contributed by atoms with van der Waals surface area (Å²) in [6, 6.07) is 16.3. The van der Waals surface area contributed by atoms with Crippen molar-refractivity contribution in [1.29, 1.82) is 0 Å². The van der Waals surface area contributed by atoms with Gasteiger partial charge >= 0.3 is 5.97 Å². The van der Waals surface area contributed by atoms with Gasteiger partial charge in [0.05, 0.1) is 19.6 Å². The molecule has 0 N–H and O–H groups in total. The minimum atomic E-state index is -0.247. The highest BCUT2D eigenvalue weighted by molar-refractivity contribution is 5.79. The lowest BCUT2D eigenvalue weighted by atomic mass is 9.89. The second-order valence-corrected chi connectivity index (χ2v) is 6.02. The highest BCUT2D eigenvalue weighted by Crippen LogP contribution is 2.32. The fourth-order valence-electron chi connectivity index (χ4n) is 3.25. The van der Waals surface area contributed by atoms with Crippen LogP contribution in [0.25, 0.3) is 0 Å². The number of rotatable bonds is 5. The summed E-state index contributed by atoms with van der Waals surface area (Å²) in [6.45, 7) is 4.54. The Morgan fingerprint density at radius 1 is 1.21 bits per heavy atom. The lowest BCUT2D eigenvalue weighted by Gasteiger charge is -2.33. The summed E-state index contributed by atoms with van der Waals surface area (Å²) in [4.78, 5) is 14.7. The summed E-state index contributed by atoms with van der Waals surface area (Å²) in [7, 11) is 1.66. The van der Waals surface area contributed by atoms with Crippen molar-refractivity contribution in [2.75, 3.05) is 20.3 Å². The zero-order valence-electron chi connectivity index (χ0n) is 14.2. The Morgan fingerprint density at radius 3 is 2.71 bits per heavy atom. The van der Waals surface area contributed by atoms with Gasteiger partial charge in [0.1, 0.15) is 5.75 Å². The van der Waals surface area contributed by atoms with E-state index in [9.17, 15) is 4.79 Å². The molecule has 0 fully saturated rings.